The first-order chi connectivity index (χ1) is 13.3. The highest BCUT2D eigenvalue weighted by atomic mass is 31.1. The molecule has 2 N–H and O–H groups in total. The Labute approximate surface area is 167 Å². The van der Waals surface area contributed by atoms with E-state index in [4.69, 9.17) is 9.05 Å². The summed E-state index contributed by atoms with van der Waals surface area (Å²) in [7, 11) is 0.642. The molecule has 2 aromatic carbocycles. The molecular weight excluding hydrogens is 374 g/mol. The Kier molecular flexibility index (Phi) is 11.4. The van der Waals surface area contributed by atoms with Crippen LogP contribution in [0.5, 0.6) is 0 Å². The molecule has 0 radical (unpaired) electrons. The molecule has 27 heavy (non-hydrogen) atoms. The van der Waals surface area contributed by atoms with Crippen molar-refractivity contribution in [3.63, 3.8) is 0 Å². The summed E-state index contributed by atoms with van der Waals surface area (Å²) in [5.74, 6) is 0. The van der Waals surface area contributed by atoms with Crippen molar-refractivity contribution in [2.45, 2.75) is 46.0 Å². The fourth-order valence-corrected chi connectivity index (χ4v) is 3.58. The van der Waals surface area contributed by atoms with Gasteiger partial charge < -0.3 is 19.2 Å². The SMILES string of the molecule is CCCCOPNc1ccc(Cc2ccc(NPOCCCC)cc2)cc1. The largest absolute Gasteiger partial charge is 0.345 e. The van der Waals surface area contributed by atoms with E-state index in [-0.39, 0.29) is 0 Å². The van der Waals surface area contributed by atoms with Gasteiger partial charge in [0.25, 0.3) is 0 Å². The van der Waals surface area contributed by atoms with Crippen LogP contribution in [-0.2, 0) is 15.5 Å². The van der Waals surface area contributed by atoms with Gasteiger partial charge in [0.2, 0.25) is 0 Å². The molecule has 0 aliphatic rings. The van der Waals surface area contributed by atoms with Crippen molar-refractivity contribution in [2.75, 3.05) is 23.4 Å². The Morgan fingerprint density at radius 2 is 1.07 bits per heavy atom. The smallest absolute Gasteiger partial charge is 0.114 e. The average molecular weight is 406 g/mol. The Hall–Kier alpha value is -1.18. The van der Waals surface area contributed by atoms with Crippen LogP contribution >= 0.6 is 17.9 Å². The second-order valence-electron chi connectivity index (χ2n) is 6.43. The number of rotatable bonds is 14. The predicted molar refractivity (Wildman–Crippen MR) is 121 cm³/mol. The van der Waals surface area contributed by atoms with Gasteiger partial charge in [-0.2, -0.15) is 0 Å². The van der Waals surface area contributed by atoms with E-state index in [2.05, 4.69) is 72.6 Å². The zero-order valence-corrected chi connectivity index (χ0v) is 18.4. The Morgan fingerprint density at radius 1 is 0.667 bits per heavy atom. The fraction of sp³-hybridized carbons (Fsp3) is 0.429. The van der Waals surface area contributed by atoms with E-state index >= 15 is 0 Å². The molecule has 0 aliphatic heterocycles. The first-order valence-corrected chi connectivity index (χ1v) is 11.6. The highest BCUT2D eigenvalue weighted by Gasteiger charge is 1.99. The standard InChI is InChI=1S/C21H32N2O2P2/c1-3-5-15-24-26-22-20-11-7-18(8-12-20)17-19-9-13-21(14-10-19)23-27-25-16-6-4-2/h7-14,22-23,26-27H,3-6,15-17H2,1-2H3. The second kappa shape index (κ2) is 13.9. The zero-order valence-electron chi connectivity index (χ0n) is 16.4. The molecule has 2 atom stereocenters. The number of anilines is 2. The summed E-state index contributed by atoms with van der Waals surface area (Å²) < 4.78 is 11.1. The normalized spacial score (nSPS) is 11.6. The van der Waals surface area contributed by atoms with Crippen LogP contribution in [0, 0.1) is 0 Å². The molecule has 0 spiro atoms. The minimum atomic E-state index is 0.321. The quantitative estimate of drug-likeness (QED) is 0.269. The Morgan fingerprint density at radius 3 is 1.44 bits per heavy atom. The van der Waals surface area contributed by atoms with Gasteiger partial charge >= 0.3 is 0 Å². The van der Waals surface area contributed by atoms with E-state index in [0.717, 1.165) is 43.9 Å². The van der Waals surface area contributed by atoms with E-state index in [1.807, 2.05) is 0 Å². The topological polar surface area (TPSA) is 42.5 Å². The van der Waals surface area contributed by atoms with Gasteiger partial charge in [-0.05, 0) is 54.7 Å². The van der Waals surface area contributed by atoms with E-state index in [0.29, 0.717) is 17.9 Å². The fourth-order valence-electron chi connectivity index (χ4n) is 2.37. The van der Waals surface area contributed by atoms with Gasteiger partial charge in [-0.25, -0.2) is 0 Å². The van der Waals surface area contributed by atoms with E-state index < -0.39 is 0 Å². The zero-order chi connectivity index (χ0) is 19.2. The minimum absolute atomic E-state index is 0.321. The van der Waals surface area contributed by atoms with Crippen molar-refractivity contribution in [3.8, 4) is 0 Å². The lowest BCUT2D eigenvalue weighted by Gasteiger charge is -2.09. The van der Waals surface area contributed by atoms with E-state index in [1.54, 1.807) is 0 Å². The van der Waals surface area contributed by atoms with Crippen molar-refractivity contribution in [3.05, 3.63) is 59.7 Å². The molecule has 2 rings (SSSR count). The van der Waals surface area contributed by atoms with Gasteiger partial charge in [0, 0.05) is 11.4 Å². The highest BCUT2D eigenvalue weighted by Crippen LogP contribution is 2.22. The summed E-state index contributed by atoms with van der Waals surface area (Å²) in [5.41, 5.74) is 4.83. The van der Waals surface area contributed by atoms with Crippen LogP contribution < -0.4 is 10.2 Å². The average Bonchev–Trinajstić information content (AvgIpc) is 2.70. The van der Waals surface area contributed by atoms with Crippen LogP contribution in [0.15, 0.2) is 48.5 Å². The lowest BCUT2D eigenvalue weighted by molar-refractivity contribution is 0.353. The lowest BCUT2D eigenvalue weighted by Crippen LogP contribution is -1.92. The second-order valence-corrected chi connectivity index (χ2v) is 7.91. The summed E-state index contributed by atoms with van der Waals surface area (Å²) in [4.78, 5) is 0. The molecule has 6 heteroatoms. The summed E-state index contributed by atoms with van der Waals surface area (Å²) in [6.45, 7) is 6.00. The molecule has 0 fully saturated rings. The monoisotopic (exact) mass is 406 g/mol. The van der Waals surface area contributed by atoms with Crippen LogP contribution in [0.25, 0.3) is 0 Å². The van der Waals surface area contributed by atoms with Gasteiger partial charge in [0.1, 0.15) is 17.9 Å². The van der Waals surface area contributed by atoms with Gasteiger partial charge in [-0.15, -0.1) is 0 Å². The van der Waals surface area contributed by atoms with Gasteiger partial charge in [0.15, 0.2) is 0 Å². The molecule has 0 heterocycles. The first-order valence-electron chi connectivity index (χ1n) is 9.75. The van der Waals surface area contributed by atoms with E-state index in [9.17, 15) is 0 Å². The molecule has 0 bridgehead atoms. The lowest BCUT2D eigenvalue weighted by atomic mass is 10.0. The number of nitrogens with one attached hydrogen (secondary N) is 2. The van der Waals surface area contributed by atoms with Crippen LogP contribution in [0.2, 0.25) is 0 Å². The van der Waals surface area contributed by atoms with Crippen LogP contribution in [0.4, 0.5) is 11.4 Å². The van der Waals surface area contributed by atoms with Crippen LogP contribution in [0.3, 0.4) is 0 Å². The number of hydrogen-bond donors (Lipinski definition) is 2. The van der Waals surface area contributed by atoms with E-state index in [1.165, 1.54) is 24.0 Å². The number of benzene rings is 2. The first kappa shape index (κ1) is 22.1. The van der Waals surface area contributed by atoms with Crippen molar-refractivity contribution in [2.24, 2.45) is 0 Å². The molecule has 0 amide bonds. The molecular formula is C21H32N2O2P2. The van der Waals surface area contributed by atoms with Crippen molar-refractivity contribution >= 4 is 29.3 Å². The summed E-state index contributed by atoms with van der Waals surface area (Å²) in [6, 6.07) is 17.2. The van der Waals surface area contributed by atoms with Crippen molar-refractivity contribution in [1.29, 1.82) is 0 Å². The maximum Gasteiger partial charge on any atom is 0.114 e. The third kappa shape index (κ3) is 9.53. The van der Waals surface area contributed by atoms with Crippen molar-refractivity contribution in [1.82, 2.24) is 0 Å². The predicted octanol–water partition coefficient (Wildman–Crippen LogP) is 6.75. The Balaban J connectivity index is 1.71. The molecule has 0 saturated heterocycles. The molecule has 0 saturated carbocycles. The number of hydrogen-bond acceptors (Lipinski definition) is 4. The van der Waals surface area contributed by atoms with Crippen LogP contribution in [-0.4, -0.2) is 13.2 Å². The molecule has 2 aromatic rings. The highest BCUT2D eigenvalue weighted by molar-refractivity contribution is 7.34. The number of unbranched alkanes of at least 4 members (excludes halogenated alkanes) is 2. The molecule has 4 nitrogen and oxygen atoms in total. The molecule has 148 valence electrons. The third-order valence-electron chi connectivity index (χ3n) is 4.05. The van der Waals surface area contributed by atoms with Crippen molar-refractivity contribution < 1.29 is 9.05 Å². The minimum Gasteiger partial charge on any atom is -0.345 e. The third-order valence-corrected chi connectivity index (χ3v) is 5.53. The molecule has 2 unspecified atom stereocenters. The van der Waals surface area contributed by atoms with Gasteiger partial charge in [-0.3, -0.25) is 0 Å². The summed E-state index contributed by atoms with van der Waals surface area (Å²) >= 11 is 0. The molecule has 0 aliphatic carbocycles. The maximum absolute atomic E-state index is 5.56. The van der Waals surface area contributed by atoms with Gasteiger partial charge in [-0.1, -0.05) is 51.0 Å². The summed E-state index contributed by atoms with van der Waals surface area (Å²) in [6.07, 6.45) is 5.51. The van der Waals surface area contributed by atoms with Gasteiger partial charge in [0.05, 0.1) is 13.2 Å². The maximum atomic E-state index is 5.56. The molecule has 0 aromatic heterocycles. The summed E-state index contributed by atoms with van der Waals surface area (Å²) in [5, 5.41) is 6.64. The Bertz CT molecular complexity index is 566. The van der Waals surface area contributed by atoms with Crippen LogP contribution in [0.1, 0.15) is 50.7 Å².